The number of nitrogens with one attached hydrogen (secondary N) is 1. The summed E-state index contributed by atoms with van der Waals surface area (Å²) in [5, 5.41) is 7.37. The lowest BCUT2D eigenvalue weighted by atomic mass is 9.76. The lowest BCUT2D eigenvalue weighted by molar-refractivity contribution is -0.0136. The first kappa shape index (κ1) is 15.5. The molecule has 0 aromatic carbocycles. The minimum atomic E-state index is 0.384. The zero-order chi connectivity index (χ0) is 14.4. The minimum absolute atomic E-state index is 0.384. The topological polar surface area (TPSA) is 47.3 Å². The quantitative estimate of drug-likeness (QED) is 0.774. The maximum absolute atomic E-state index is 5.95. The van der Waals surface area contributed by atoms with Gasteiger partial charge in [-0.25, -0.2) is 0 Å². The maximum atomic E-state index is 5.95. The molecule has 1 heterocycles. The van der Waals surface area contributed by atoms with Gasteiger partial charge in [0, 0.05) is 12.6 Å². The fourth-order valence-corrected chi connectivity index (χ4v) is 2.64. The van der Waals surface area contributed by atoms with Gasteiger partial charge in [0.15, 0.2) is 5.76 Å². The molecule has 1 aliphatic carbocycles. The van der Waals surface area contributed by atoms with Crippen molar-refractivity contribution in [3.8, 4) is 0 Å². The second-order valence-electron chi connectivity index (χ2n) is 6.64. The van der Waals surface area contributed by atoms with Crippen molar-refractivity contribution in [3.05, 3.63) is 17.5 Å². The zero-order valence-electron chi connectivity index (χ0n) is 13.1. The van der Waals surface area contributed by atoms with Crippen molar-refractivity contribution in [1.82, 2.24) is 10.5 Å². The van der Waals surface area contributed by atoms with Gasteiger partial charge in [-0.2, -0.15) is 0 Å². The Bertz CT molecular complexity index is 391. The molecule has 2 rings (SSSR count). The van der Waals surface area contributed by atoms with Crippen LogP contribution >= 0.6 is 0 Å². The predicted octanol–water partition coefficient (Wildman–Crippen LogP) is 3.66. The van der Waals surface area contributed by atoms with Gasteiger partial charge in [0.25, 0.3) is 0 Å². The van der Waals surface area contributed by atoms with Gasteiger partial charge in [0.1, 0.15) is 6.61 Å². The van der Waals surface area contributed by atoms with Crippen LogP contribution in [0.3, 0.4) is 0 Å². The fourth-order valence-electron chi connectivity index (χ4n) is 2.64. The van der Waals surface area contributed by atoms with Crippen LogP contribution in [0, 0.1) is 5.41 Å². The highest BCUT2D eigenvalue weighted by Gasteiger charge is 2.27. The summed E-state index contributed by atoms with van der Waals surface area (Å²) < 4.78 is 11.3. The Hall–Kier alpha value is -0.870. The molecule has 0 atom stereocenters. The molecule has 0 radical (unpaired) electrons. The van der Waals surface area contributed by atoms with E-state index in [1.165, 1.54) is 12.8 Å². The largest absolute Gasteiger partial charge is 0.370 e. The monoisotopic (exact) mass is 280 g/mol. The Morgan fingerprint density at radius 1 is 1.40 bits per heavy atom. The van der Waals surface area contributed by atoms with Crippen LogP contribution in [0.5, 0.6) is 0 Å². The molecule has 1 fully saturated rings. The van der Waals surface area contributed by atoms with Crippen LogP contribution in [0.2, 0.25) is 0 Å². The summed E-state index contributed by atoms with van der Waals surface area (Å²) in [6.07, 6.45) is 6.33. The third kappa shape index (κ3) is 4.91. The van der Waals surface area contributed by atoms with Crippen molar-refractivity contribution in [1.29, 1.82) is 0 Å². The second-order valence-corrected chi connectivity index (χ2v) is 6.64. The molecule has 1 N–H and O–H groups in total. The Morgan fingerprint density at radius 2 is 2.15 bits per heavy atom. The summed E-state index contributed by atoms with van der Waals surface area (Å²) in [6.45, 7) is 9.17. The Kier molecular flexibility index (Phi) is 5.61. The van der Waals surface area contributed by atoms with Crippen molar-refractivity contribution in [3.63, 3.8) is 0 Å². The minimum Gasteiger partial charge on any atom is -0.370 e. The normalized spacial score (nSPS) is 19.4. The van der Waals surface area contributed by atoms with Crippen molar-refractivity contribution in [2.24, 2.45) is 5.41 Å². The smallest absolute Gasteiger partial charge is 0.162 e. The van der Waals surface area contributed by atoms with Crippen LogP contribution in [0.25, 0.3) is 0 Å². The fraction of sp³-hybridized carbons (Fsp3) is 0.812. The number of nitrogens with zero attached hydrogens (tertiary/aromatic N) is 1. The van der Waals surface area contributed by atoms with Crippen molar-refractivity contribution in [2.75, 3.05) is 6.54 Å². The predicted molar refractivity (Wildman–Crippen MR) is 79.3 cm³/mol. The van der Waals surface area contributed by atoms with E-state index in [-0.39, 0.29) is 0 Å². The molecular weight excluding hydrogens is 252 g/mol. The highest BCUT2D eigenvalue weighted by molar-refractivity contribution is 5.04. The summed E-state index contributed by atoms with van der Waals surface area (Å²) in [6, 6.07) is 2.00. The van der Waals surface area contributed by atoms with Gasteiger partial charge in [-0.05, 0) is 44.1 Å². The van der Waals surface area contributed by atoms with E-state index in [1.807, 2.05) is 6.07 Å². The molecular formula is C16H28N2O2. The standard InChI is InChI=1S/C16H28N2O2/c1-4-9-17-11-13-10-15(20-18-13)12-19-14-5-7-16(2,3)8-6-14/h10,14,17H,4-9,11-12H2,1-3H3. The first-order valence-corrected chi connectivity index (χ1v) is 7.86. The molecule has 0 unspecified atom stereocenters. The summed E-state index contributed by atoms with van der Waals surface area (Å²) in [5.74, 6) is 0.836. The molecule has 0 amide bonds. The summed E-state index contributed by atoms with van der Waals surface area (Å²) in [7, 11) is 0. The number of rotatable bonds is 7. The molecule has 114 valence electrons. The van der Waals surface area contributed by atoms with E-state index >= 15 is 0 Å². The first-order valence-electron chi connectivity index (χ1n) is 7.86. The number of hydrogen-bond donors (Lipinski definition) is 1. The zero-order valence-corrected chi connectivity index (χ0v) is 13.1. The SMILES string of the molecule is CCCNCc1cc(COC2CCC(C)(C)CC2)on1. The molecule has 1 aromatic rings. The molecule has 0 saturated heterocycles. The van der Waals surface area contributed by atoms with E-state index in [1.54, 1.807) is 0 Å². The number of ether oxygens (including phenoxy) is 1. The van der Waals surface area contributed by atoms with E-state index in [4.69, 9.17) is 9.26 Å². The average molecular weight is 280 g/mol. The van der Waals surface area contributed by atoms with Gasteiger partial charge >= 0.3 is 0 Å². The van der Waals surface area contributed by atoms with Crippen LogP contribution in [-0.2, 0) is 17.9 Å². The Morgan fingerprint density at radius 3 is 2.85 bits per heavy atom. The summed E-state index contributed by atoms with van der Waals surface area (Å²) in [4.78, 5) is 0. The molecule has 0 bridgehead atoms. The van der Waals surface area contributed by atoms with E-state index in [0.29, 0.717) is 18.1 Å². The van der Waals surface area contributed by atoms with Crippen molar-refractivity contribution < 1.29 is 9.26 Å². The molecule has 0 spiro atoms. The van der Waals surface area contributed by atoms with E-state index in [9.17, 15) is 0 Å². The Balaban J connectivity index is 1.69. The van der Waals surface area contributed by atoms with Gasteiger partial charge in [0.05, 0.1) is 11.8 Å². The van der Waals surface area contributed by atoms with E-state index < -0.39 is 0 Å². The molecule has 20 heavy (non-hydrogen) atoms. The summed E-state index contributed by atoms with van der Waals surface area (Å²) >= 11 is 0. The van der Waals surface area contributed by atoms with Crippen LogP contribution in [0.1, 0.15) is 64.3 Å². The number of aromatic nitrogens is 1. The van der Waals surface area contributed by atoms with Crippen molar-refractivity contribution in [2.45, 2.75) is 72.1 Å². The lowest BCUT2D eigenvalue weighted by Crippen LogP contribution is -2.26. The second kappa shape index (κ2) is 7.23. The number of hydrogen-bond acceptors (Lipinski definition) is 4. The molecule has 1 saturated carbocycles. The molecule has 1 aliphatic rings. The maximum Gasteiger partial charge on any atom is 0.162 e. The van der Waals surface area contributed by atoms with E-state index in [2.05, 4.69) is 31.2 Å². The highest BCUT2D eigenvalue weighted by atomic mass is 16.5. The van der Waals surface area contributed by atoms with E-state index in [0.717, 1.165) is 43.8 Å². The van der Waals surface area contributed by atoms with Crippen LogP contribution in [0.4, 0.5) is 0 Å². The molecule has 1 aromatic heterocycles. The van der Waals surface area contributed by atoms with Crippen LogP contribution in [-0.4, -0.2) is 17.8 Å². The van der Waals surface area contributed by atoms with Gasteiger partial charge in [-0.15, -0.1) is 0 Å². The molecule has 0 aliphatic heterocycles. The molecule has 4 heteroatoms. The van der Waals surface area contributed by atoms with Gasteiger partial charge < -0.3 is 14.6 Å². The van der Waals surface area contributed by atoms with Gasteiger partial charge in [0.2, 0.25) is 0 Å². The highest BCUT2D eigenvalue weighted by Crippen LogP contribution is 2.36. The lowest BCUT2D eigenvalue weighted by Gasteiger charge is -2.33. The molecule has 4 nitrogen and oxygen atoms in total. The Labute approximate surface area is 122 Å². The van der Waals surface area contributed by atoms with Crippen molar-refractivity contribution >= 4 is 0 Å². The first-order chi connectivity index (χ1) is 9.59. The van der Waals surface area contributed by atoms with Crippen LogP contribution in [0.15, 0.2) is 10.6 Å². The van der Waals surface area contributed by atoms with Crippen LogP contribution < -0.4 is 5.32 Å². The van der Waals surface area contributed by atoms with Gasteiger partial charge in [-0.3, -0.25) is 0 Å². The summed E-state index contributed by atoms with van der Waals surface area (Å²) in [5.41, 5.74) is 1.45. The average Bonchev–Trinajstić information content (AvgIpc) is 2.86. The third-order valence-electron chi connectivity index (χ3n) is 4.09. The van der Waals surface area contributed by atoms with Gasteiger partial charge in [-0.1, -0.05) is 25.9 Å². The third-order valence-corrected chi connectivity index (χ3v) is 4.09.